The molecule has 1 N–H and O–H groups in total. The predicted molar refractivity (Wildman–Crippen MR) is 57.6 cm³/mol. The Morgan fingerprint density at radius 1 is 1.21 bits per heavy atom. The lowest BCUT2D eigenvalue weighted by Crippen LogP contribution is -1.94. The van der Waals surface area contributed by atoms with Crippen molar-refractivity contribution in [3.63, 3.8) is 0 Å². The Kier molecular flexibility index (Phi) is 2.65. The minimum Gasteiger partial charge on any atom is -0.374 e. The molecule has 0 fully saturated rings. The van der Waals surface area contributed by atoms with Crippen LogP contribution in [0.5, 0.6) is 0 Å². The molecule has 0 bridgehead atoms. The normalized spacial score (nSPS) is 10.4. The summed E-state index contributed by atoms with van der Waals surface area (Å²) in [7, 11) is 0. The third kappa shape index (κ3) is 1.86. The number of rotatable bonds is 2. The molecule has 1 heterocycles. The van der Waals surface area contributed by atoms with Gasteiger partial charge in [0.25, 0.3) is 0 Å². The monoisotopic (exact) mass is 252 g/mol. The number of hydrogen-bond donors (Lipinski definition) is 1. The molecule has 72 valence electrons. The van der Waals surface area contributed by atoms with Gasteiger partial charge in [-0.1, -0.05) is 28.1 Å². The standard InChI is InChI=1S/C10H9BrN2O/c11-10-3-1-8(2-4-10)9-5-12-13(6-9)7-14/h1-6,14H,7H2. The van der Waals surface area contributed by atoms with E-state index < -0.39 is 0 Å². The molecule has 0 saturated heterocycles. The van der Waals surface area contributed by atoms with E-state index in [0.29, 0.717) is 0 Å². The van der Waals surface area contributed by atoms with Crippen LogP contribution in [0, 0.1) is 0 Å². The van der Waals surface area contributed by atoms with Crippen molar-refractivity contribution in [2.75, 3.05) is 0 Å². The van der Waals surface area contributed by atoms with Gasteiger partial charge in [-0.2, -0.15) is 5.10 Å². The Morgan fingerprint density at radius 2 is 1.93 bits per heavy atom. The summed E-state index contributed by atoms with van der Waals surface area (Å²) in [6.45, 7) is -0.0868. The molecule has 0 amide bonds. The molecule has 0 radical (unpaired) electrons. The van der Waals surface area contributed by atoms with Crippen molar-refractivity contribution in [2.24, 2.45) is 0 Å². The first-order valence-corrected chi connectivity index (χ1v) is 4.98. The first-order valence-electron chi connectivity index (χ1n) is 4.19. The molecule has 3 nitrogen and oxygen atoms in total. The molecule has 2 rings (SSSR count). The third-order valence-corrected chi connectivity index (χ3v) is 2.48. The highest BCUT2D eigenvalue weighted by Crippen LogP contribution is 2.20. The largest absolute Gasteiger partial charge is 0.374 e. The summed E-state index contributed by atoms with van der Waals surface area (Å²) in [6.07, 6.45) is 3.54. The van der Waals surface area contributed by atoms with E-state index in [1.807, 2.05) is 30.5 Å². The zero-order valence-corrected chi connectivity index (χ0v) is 8.98. The quantitative estimate of drug-likeness (QED) is 0.891. The molecule has 1 aromatic carbocycles. The number of aliphatic hydroxyl groups excluding tert-OH is 1. The number of hydrogen-bond acceptors (Lipinski definition) is 2. The van der Waals surface area contributed by atoms with E-state index >= 15 is 0 Å². The number of aromatic nitrogens is 2. The second kappa shape index (κ2) is 3.94. The summed E-state index contributed by atoms with van der Waals surface area (Å²) in [6, 6.07) is 7.96. The van der Waals surface area contributed by atoms with Crippen LogP contribution in [0.3, 0.4) is 0 Å². The van der Waals surface area contributed by atoms with Crippen LogP contribution in [0.25, 0.3) is 11.1 Å². The Labute approximate surface area is 90.1 Å². The van der Waals surface area contributed by atoms with Gasteiger partial charge in [0.05, 0.1) is 6.20 Å². The molecule has 0 spiro atoms. The first-order chi connectivity index (χ1) is 6.79. The van der Waals surface area contributed by atoms with Gasteiger partial charge in [0.2, 0.25) is 0 Å². The number of halogens is 1. The van der Waals surface area contributed by atoms with Crippen molar-refractivity contribution in [3.05, 3.63) is 41.1 Å². The Hall–Kier alpha value is -1.13. The smallest absolute Gasteiger partial charge is 0.136 e. The number of aliphatic hydroxyl groups is 1. The van der Waals surface area contributed by atoms with Crippen LogP contribution in [0.15, 0.2) is 41.1 Å². The van der Waals surface area contributed by atoms with E-state index in [2.05, 4.69) is 21.0 Å². The zero-order valence-electron chi connectivity index (χ0n) is 7.39. The first kappa shape index (κ1) is 9.43. The molecule has 0 saturated carbocycles. The van der Waals surface area contributed by atoms with Crippen molar-refractivity contribution in [1.82, 2.24) is 9.78 Å². The molecular formula is C10H9BrN2O. The van der Waals surface area contributed by atoms with Crippen molar-refractivity contribution < 1.29 is 5.11 Å². The van der Waals surface area contributed by atoms with E-state index in [4.69, 9.17) is 5.11 Å². The summed E-state index contributed by atoms with van der Waals surface area (Å²) in [5.41, 5.74) is 2.10. The molecule has 0 aliphatic heterocycles. The van der Waals surface area contributed by atoms with Crippen molar-refractivity contribution in [3.8, 4) is 11.1 Å². The highest BCUT2D eigenvalue weighted by molar-refractivity contribution is 9.10. The molecule has 0 aliphatic rings. The highest BCUT2D eigenvalue weighted by atomic mass is 79.9. The van der Waals surface area contributed by atoms with Crippen molar-refractivity contribution >= 4 is 15.9 Å². The minimum absolute atomic E-state index is 0.0868. The summed E-state index contributed by atoms with van der Waals surface area (Å²) < 4.78 is 2.54. The topological polar surface area (TPSA) is 38.0 Å². The Morgan fingerprint density at radius 3 is 2.50 bits per heavy atom. The van der Waals surface area contributed by atoms with Gasteiger partial charge in [0, 0.05) is 16.2 Å². The van der Waals surface area contributed by atoms with E-state index in [0.717, 1.165) is 15.6 Å². The summed E-state index contributed by atoms with van der Waals surface area (Å²) in [4.78, 5) is 0. The molecule has 0 unspecified atom stereocenters. The lowest BCUT2D eigenvalue weighted by atomic mass is 10.1. The van der Waals surface area contributed by atoms with Gasteiger partial charge in [-0.05, 0) is 17.7 Å². The maximum Gasteiger partial charge on any atom is 0.136 e. The van der Waals surface area contributed by atoms with Crippen LogP contribution >= 0.6 is 15.9 Å². The fourth-order valence-corrected chi connectivity index (χ4v) is 1.50. The molecular weight excluding hydrogens is 244 g/mol. The highest BCUT2D eigenvalue weighted by Gasteiger charge is 2.00. The van der Waals surface area contributed by atoms with Gasteiger partial charge in [-0.25, -0.2) is 4.68 Å². The van der Waals surface area contributed by atoms with Gasteiger partial charge >= 0.3 is 0 Å². The van der Waals surface area contributed by atoms with E-state index in [9.17, 15) is 0 Å². The van der Waals surface area contributed by atoms with Crippen LogP contribution in [0.1, 0.15) is 0 Å². The fraction of sp³-hybridized carbons (Fsp3) is 0.100. The summed E-state index contributed by atoms with van der Waals surface area (Å²) >= 11 is 3.38. The SMILES string of the molecule is OCn1cc(-c2ccc(Br)cc2)cn1. The van der Waals surface area contributed by atoms with E-state index in [-0.39, 0.29) is 6.73 Å². The van der Waals surface area contributed by atoms with E-state index in [1.54, 1.807) is 6.20 Å². The molecule has 0 atom stereocenters. The summed E-state index contributed by atoms with van der Waals surface area (Å²) in [5, 5.41) is 12.8. The summed E-state index contributed by atoms with van der Waals surface area (Å²) in [5.74, 6) is 0. The molecule has 14 heavy (non-hydrogen) atoms. The van der Waals surface area contributed by atoms with Crippen LogP contribution < -0.4 is 0 Å². The third-order valence-electron chi connectivity index (χ3n) is 1.96. The fourth-order valence-electron chi connectivity index (χ4n) is 1.23. The molecule has 0 aliphatic carbocycles. The van der Waals surface area contributed by atoms with Crippen molar-refractivity contribution in [2.45, 2.75) is 6.73 Å². The van der Waals surface area contributed by atoms with Crippen LogP contribution in [0.2, 0.25) is 0 Å². The average molecular weight is 253 g/mol. The minimum atomic E-state index is -0.0868. The lowest BCUT2D eigenvalue weighted by molar-refractivity contribution is 0.195. The maximum absolute atomic E-state index is 8.83. The van der Waals surface area contributed by atoms with Crippen LogP contribution in [-0.4, -0.2) is 14.9 Å². The zero-order chi connectivity index (χ0) is 9.97. The lowest BCUT2D eigenvalue weighted by Gasteiger charge is -1.96. The van der Waals surface area contributed by atoms with Gasteiger partial charge in [-0.15, -0.1) is 0 Å². The second-order valence-corrected chi connectivity index (χ2v) is 3.83. The van der Waals surface area contributed by atoms with Crippen molar-refractivity contribution in [1.29, 1.82) is 0 Å². The van der Waals surface area contributed by atoms with E-state index in [1.165, 1.54) is 4.68 Å². The number of benzene rings is 1. The van der Waals surface area contributed by atoms with Gasteiger partial charge < -0.3 is 5.11 Å². The maximum atomic E-state index is 8.83. The predicted octanol–water partition coefficient (Wildman–Crippen LogP) is 2.26. The Bertz CT molecular complexity index is 422. The molecule has 4 heteroatoms. The Balaban J connectivity index is 2.34. The van der Waals surface area contributed by atoms with Crippen LogP contribution in [0.4, 0.5) is 0 Å². The number of nitrogens with zero attached hydrogens (tertiary/aromatic N) is 2. The van der Waals surface area contributed by atoms with Gasteiger partial charge in [-0.3, -0.25) is 0 Å². The molecule has 2 aromatic rings. The van der Waals surface area contributed by atoms with Gasteiger partial charge in [0.1, 0.15) is 6.73 Å². The second-order valence-electron chi connectivity index (χ2n) is 2.92. The average Bonchev–Trinajstić information content (AvgIpc) is 2.67. The van der Waals surface area contributed by atoms with Gasteiger partial charge in [0.15, 0.2) is 0 Å². The van der Waals surface area contributed by atoms with Crippen LogP contribution in [-0.2, 0) is 6.73 Å². The molecule has 1 aromatic heterocycles.